The lowest BCUT2D eigenvalue weighted by Crippen LogP contribution is -2.32. The van der Waals surface area contributed by atoms with Gasteiger partial charge in [0, 0.05) is 29.5 Å². The fourth-order valence-electron chi connectivity index (χ4n) is 3.83. The van der Waals surface area contributed by atoms with Crippen LogP contribution in [0.4, 0.5) is 0 Å². The Hall–Kier alpha value is -2.82. The number of nitriles is 1. The van der Waals surface area contributed by atoms with Crippen LogP contribution in [0.25, 0.3) is 5.69 Å². The van der Waals surface area contributed by atoms with Crippen LogP contribution in [0, 0.1) is 11.3 Å². The lowest BCUT2D eigenvalue weighted by Gasteiger charge is -2.31. The largest absolute Gasteiger partial charge is 0.381 e. The number of hydrogen-bond donors (Lipinski definition) is 0. The zero-order valence-corrected chi connectivity index (χ0v) is 18.5. The van der Waals surface area contributed by atoms with Crippen molar-refractivity contribution < 1.29 is 4.74 Å². The fourth-order valence-corrected chi connectivity index (χ4v) is 4.70. The van der Waals surface area contributed by atoms with Gasteiger partial charge in [-0.3, -0.25) is 4.57 Å². The lowest BCUT2D eigenvalue weighted by molar-refractivity contribution is 0.0675. The van der Waals surface area contributed by atoms with Gasteiger partial charge in [-0.05, 0) is 61.2 Å². The van der Waals surface area contributed by atoms with E-state index in [2.05, 4.69) is 30.2 Å². The fraction of sp³-hybridized carbons (Fsp3) is 0.375. The second kappa shape index (κ2) is 9.54. The summed E-state index contributed by atoms with van der Waals surface area (Å²) in [5.41, 5.74) is 1.24. The van der Waals surface area contributed by atoms with Gasteiger partial charge < -0.3 is 4.74 Å². The summed E-state index contributed by atoms with van der Waals surface area (Å²) < 4.78 is 8.55. The Bertz CT molecular complexity index is 1120. The van der Waals surface area contributed by atoms with Crippen LogP contribution in [0.5, 0.6) is 0 Å². The summed E-state index contributed by atoms with van der Waals surface area (Å²) in [6.07, 6.45) is 5.06. The molecule has 1 fully saturated rings. The molecule has 1 aliphatic heterocycles. The highest BCUT2D eigenvalue weighted by Crippen LogP contribution is 2.37. The first kappa shape index (κ1) is 21.4. The number of hydrogen-bond acceptors (Lipinski definition) is 5. The topological polar surface area (TPSA) is 72.8 Å². The molecule has 4 rings (SSSR count). The molecule has 0 atom stereocenters. The highest BCUT2D eigenvalue weighted by molar-refractivity contribution is 7.99. The first-order valence-corrected chi connectivity index (χ1v) is 11.5. The monoisotopic (exact) mass is 434 g/mol. The van der Waals surface area contributed by atoms with Crippen molar-refractivity contribution in [1.29, 1.82) is 5.26 Å². The maximum Gasteiger partial charge on any atom is 0.350 e. The third-order valence-corrected chi connectivity index (χ3v) is 6.75. The minimum Gasteiger partial charge on any atom is -0.381 e. The predicted molar refractivity (Wildman–Crippen MR) is 121 cm³/mol. The van der Waals surface area contributed by atoms with Crippen molar-refractivity contribution in [2.24, 2.45) is 0 Å². The summed E-state index contributed by atoms with van der Waals surface area (Å²) in [6, 6.07) is 18.6. The van der Waals surface area contributed by atoms with Gasteiger partial charge in [-0.15, -0.1) is 0 Å². The molecule has 3 aromatic rings. The third kappa shape index (κ3) is 4.60. The number of aryl methyl sites for hydroxylation is 1. The van der Waals surface area contributed by atoms with Crippen LogP contribution < -0.4 is 5.69 Å². The van der Waals surface area contributed by atoms with E-state index >= 15 is 0 Å². The second-order valence-corrected chi connectivity index (χ2v) is 8.95. The van der Waals surface area contributed by atoms with E-state index < -0.39 is 5.41 Å². The molecule has 0 bridgehead atoms. The molecule has 1 saturated heterocycles. The molecule has 160 valence electrons. The van der Waals surface area contributed by atoms with Crippen LogP contribution in [-0.2, 0) is 16.7 Å². The van der Waals surface area contributed by atoms with Crippen molar-refractivity contribution in [3.8, 4) is 11.8 Å². The Labute approximate surface area is 186 Å². The maximum absolute atomic E-state index is 12.5. The molecule has 0 aliphatic carbocycles. The molecule has 7 heteroatoms. The van der Waals surface area contributed by atoms with E-state index in [4.69, 9.17) is 4.74 Å². The van der Waals surface area contributed by atoms with Crippen LogP contribution >= 0.6 is 11.8 Å². The number of unbranched alkanes of at least 4 members (excludes halogenated alkanes) is 1. The molecule has 0 unspecified atom stereocenters. The Morgan fingerprint density at radius 3 is 2.65 bits per heavy atom. The third-order valence-electron chi connectivity index (χ3n) is 5.75. The first-order valence-electron chi connectivity index (χ1n) is 10.7. The average Bonchev–Trinajstić information content (AvgIpc) is 3.19. The van der Waals surface area contributed by atoms with Crippen molar-refractivity contribution in [1.82, 2.24) is 14.3 Å². The van der Waals surface area contributed by atoms with Crippen LogP contribution in [0.2, 0.25) is 0 Å². The molecule has 0 amide bonds. The van der Waals surface area contributed by atoms with E-state index in [9.17, 15) is 10.1 Å². The van der Waals surface area contributed by atoms with Crippen molar-refractivity contribution >= 4 is 11.8 Å². The summed E-state index contributed by atoms with van der Waals surface area (Å²) in [7, 11) is 0. The molecule has 0 spiro atoms. The maximum atomic E-state index is 12.5. The van der Waals surface area contributed by atoms with Gasteiger partial charge in [-0.1, -0.05) is 37.2 Å². The van der Waals surface area contributed by atoms with Gasteiger partial charge in [0.25, 0.3) is 0 Å². The molecule has 2 heterocycles. The number of aromatic nitrogens is 3. The van der Waals surface area contributed by atoms with Gasteiger partial charge in [0.2, 0.25) is 0 Å². The minimum atomic E-state index is -0.462. The molecule has 0 radical (unpaired) electrons. The smallest absolute Gasteiger partial charge is 0.350 e. The highest BCUT2D eigenvalue weighted by Gasteiger charge is 2.34. The van der Waals surface area contributed by atoms with Gasteiger partial charge in [0.1, 0.15) is 6.33 Å². The van der Waals surface area contributed by atoms with Gasteiger partial charge in [0.15, 0.2) is 0 Å². The van der Waals surface area contributed by atoms with E-state index in [1.54, 1.807) is 22.7 Å². The van der Waals surface area contributed by atoms with E-state index in [1.807, 2.05) is 36.4 Å². The summed E-state index contributed by atoms with van der Waals surface area (Å²) in [4.78, 5) is 14.7. The van der Waals surface area contributed by atoms with E-state index in [0.29, 0.717) is 19.8 Å². The zero-order chi connectivity index (χ0) is 21.7. The molecular weight excluding hydrogens is 408 g/mol. The van der Waals surface area contributed by atoms with Gasteiger partial charge >= 0.3 is 5.69 Å². The molecule has 31 heavy (non-hydrogen) atoms. The van der Waals surface area contributed by atoms with Crippen LogP contribution in [-0.4, -0.2) is 27.6 Å². The van der Waals surface area contributed by atoms with Crippen molar-refractivity contribution in [3.05, 3.63) is 70.9 Å². The molecule has 0 N–H and O–H groups in total. The predicted octanol–water partition coefficient (Wildman–Crippen LogP) is 4.56. The average molecular weight is 435 g/mol. The van der Waals surface area contributed by atoms with E-state index in [1.165, 1.54) is 4.68 Å². The van der Waals surface area contributed by atoms with Crippen LogP contribution in [0.15, 0.2) is 69.4 Å². The normalized spacial score (nSPS) is 15.5. The second-order valence-electron chi connectivity index (χ2n) is 7.80. The summed E-state index contributed by atoms with van der Waals surface area (Å²) in [5, 5.41) is 14.1. The Balaban J connectivity index is 1.51. The van der Waals surface area contributed by atoms with Gasteiger partial charge in [-0.25, -0.2) is 4.79 Å². The van der Waals surface area contributed by atoms with E-state index in [0.717, 1.165) is 46.7 Å². The van der Waals surface area contributed by atoms with Crippen molar-refractivity contribution in [3.63, 3.8) is 0 Å². The number of nitrogens with zero attached hydrogens (tertiary/aromatic N) is 4. The molecular formula is C24H26N4O2S. The Morgan fingerprint density at radius 1 is 1.16 bits per heavy atom. The molecule has 1 aromatic heterocycles. The number of benzene rings is 2. The highest BCUT2D eigenvalue weighted by atomic mass is 32.2. The molecule has 0 saturated carbocycles. The Kier molecular flexibility index (Phi) is 6.59. The zero-order valence-electron chi connectivity index (χ0n) is 17.7. The molecule has 2 aromatic carbocycles. The lowest BCUT2D eigenvalue weighted by atomic mass is 9.75. The molecule has 6 nitrogen and oxygen atoms in total. The van der Waals surface area contributed by atoms with Gasteiger partial charge in [0.05, 0.1) is 17.2 Å². The van der Waals surface area contributed by atoms with Crippen LogP contribution in [0.1, 0.15) is 38.2 Å². The van der Waals surface area contributed by atoms with Gasteiger partial charge in [-0.2, -0.15) is 15.0 Å². The first-order chi connectivity index (χ1) is 15.1. The van der Waals surface area contributed by atoms with Crippen molar-refractivity contribution in [2.45, 2.75) is 54.4 Å². The van der Waals surface area contributed by atoms with Crippen LogP contribution in [0.3, 0.4) is 0 Å². The summed E-state index contributed by atoms with van der Waals surface area (Å²) in [6.45, 7) is 4.04. The SMILES string of the molecule is CCCCn1cnn(-c2ccc(Sc3cccc(C4(C#N)CCOCC4)c3)cc2)c1=O. The van der Waals surface area contributed by atoms with E-state index in [-0.39, 0.29) is 5.69 Å². The summed E-state index contributed by atoms with van der Waals surface area (Å²) in [5.74, 6) is 0. The number of rotatable bonds is 7. The molecule has 1 aliphatic rings. The number of ether oxygens (including phenoxy) is 1. The quantitative estimate of drug-likeness (QED) is 0.545. The Morgan fingerprint density at radius 2 is 1.94 bits per heavy atom. The minimum absolute atomic E-state index is 0.111. The standard InChI is InChI=1S/C24H26N4O2S/c1-2-3-13-27-18-26-28(23(27)29)20-7-9-21(10-8-20)31-22-6-4-5-19(16-22)24(17-25)11-14-30-15-12-24/h4-10,16,18H,2-3,11-15H2,1H3. The summed E-state index contributed by atoms with van der Waals surface area (Å²) >= 11 is 1.65. The van der Waals surface area contributed by atoms with Crippen molar-refractivity contribution in [2.75, 3.05) is 13.2 Å².